The molecule has 1 atom stereocenters. The molecule has 1 unspecified atom stereocenters. The van der Waals surface area contributed by atoms with Gasteiger partial charge in [-0.2, -0.15) is 11.8 Å². The molecule has 0 saturated carbocycles. The molecule has 0 aliphatic heterocycles. The maximum absolute atomic E-state index is 5.05. The molecule has 0 radical (unpaired) electrons. The number of nitrogens with one attached hydrogen (secondary N) is 1. The average Bonchev–Trinajstić information content (AvgIpc) is 2.73. The summed E-state index contributed by atoms with van der Waals surface area (Å²) in [5.41, 5.74) is 1.07. The molecule has 1 aromatic rings. The van der Waals surface area contributed by atoms with Crippen molar-refractivity contribution in [2.75, 3.05) is 37.6 Å². The van der Waals surface area contributed by atoms with E-state index in [1.54, 1.807) is 7.11 Å². The predicted molar refractivity (Wildman–Crippen MR) is 79.7 cm³/mol. The number of hydrogen-bond donors (Lipinski definition) is 1. The molecule has 1 rings (SSSR count). The highest BCUT2D eigenvalue weighted by Crippen LogP contribution is 2.20. The van der Waals surface area contributed by atoms with Crippen molar-refractivity contribution in [3.05, 3.63) is 11.9 Å². The van der Waals surface area contributed by atoms with Gasteiger partial charge < -0.3 is 14.6 Å². The largest absolute Gasteiger partial charge is 0.385 e. The van der Waals surface area contributed by atoms with Gasteiger partial charge in [0.1, 0.15) is 0 Å². The Bertz CT molecular complexity index is 341. The molecule has 0 aromatic carbocycles. The quantitative estimate of drug-likeness (QED) is 0.701. The van der Waals surface area contributed by atoms with Crippen molar-refractivity contribution in [1.29, 1.82) is 0 Å². The summed E-state index contributed by atoms with van der Waals surface area (Å²) < 4.78 is 7.29. The second-order valence-corrected chi connectivity index (χ2v) is 5.50. The Morgan fingerprint density at radius 2 is 2.33 bits per heavy atom. The Kier molecular flexibility index (Phi) is 7.20. The highest BCUT2D eigenvalue weighted by molar-refractivity contribution is 7.98. The van der Waals surface area contributed by atoms with Crippen LogP contribution in [0.4, 0.5) is 5.95 Å². The minimum absolute atomic E-state index is 0.489. The number of aryl methyl sites for hydroxylation is 1. The van der Waals surface area contributed by atoms with E-state index in [4.69, 9.17) is 4.74 Å². The van der Waals surface area contributed by atoms with Gasteiger partial charge >= 0.3 is 0 Å². The summed E-state index contributed by atoms with van der Waals surface area (Å²) in [6, 6.07) is 0.489. The fourth-order valence-electron chi connectivity index (χ4n) is 1.83. The molecule has 1 aromatic heterocycles. The van der Waals surface area contributed by atoms with Gasteiger partial charge in [0.25, 0.3) is 0 Å². The third kappa shape index (κ3) is 4.90. The zero-order valence-corrected chi connectivity index (χ0v) is 12.7. The molecule has 0 amide bonds. The van der Waals surface area contributed by atoms with Crippen LogP contribution in [0.25, 0.3) is 0 Å². The van der Waals surface area contributed by atoms with Crippen LogP contribution in [0.3, 0.4) is 0 Å². The minimum Gasteiger partial charge on any atom is -0.385 e. The molecule has 0 aliphatic rings. The molecule has 18 heavy (non-hydrogen) atoms. The Morgan fingerprint density at radius 3 is 3.00 bits per heavy atom. The summed E-state index contributed by atoms with van der Waals surface area (Å²) in [6.07, 6.45) is 6.45. The smallest absolute Gasteiger partial charge is 0.203 e. The Labute approximate surface area is 115 Å². The van der Waals surface area contributed by atoms with E-state index in [1.165, 1.54) is 12.2 Å². The standard InChI is InChI=1S/C13H25N3OS/c1-11-10-16(12(2)6-9-18-4)13(15-11)14-7-5-8-17-3/h10,12H,5-9H2,1-4H3,(H,14,15). The van der Waals surface area contributed by atoms with E-state index in [0.29, 0.717) is 6.04 Å². The van der Waals surface area contributed by atoms with Gasteiger partial charge in [-0.1, -0.05) is 0 Å². The van der Waals surface area contributed by atoms with E-state index in [-0.39, 0.29) is 0 Å². The Hall–Kier alpha value is -0.680. The van der Waals surface area contributed by atoms with E-state index in [9.17, 15) is 0 Å². The van der Waals surface area contributed by atoms with Crippen LogP contribution in [-0.2, 0) is 4.74 Å². The van der Waals surface area contributed by atoms with Crippen molar-refractivity contribution in [1.82, 2.24) is 9.55 Å². The van der Waals surface area contributed by atoms with Gasteiger partial charge in [-0.15, -0.1) is 0 Å². The van der Waals surface area contributed by atoms with Crippen LogP contribution in [0.1, 0.15) is 31.5 Å². The fourth-order valence-corrected chi connectivity index (χ4v) is 2.40. The van der Waals surface area contributed by atoms with Gasteiger partial charge in [0.05, 0.1) is 5.69 Å². The second-order valence-electron chi connectivity index (χ2n) is 4.52. The Balaban J connectivity index is 2.55. The van der Waals surface area contributed by atoms with Crippen molar-refractivity contribution in [3.8, 4) is 0 Å². The van der Waals surface area contributed by atoms with E-state index in [2.05, 4.69) is 34.2 Å². The van der Waals surface area contributed by atoms with E-state index < -0.39 is 0 Å². The maximum Gasteiger partial charge on any atom is 0.203 e. The van der Waals surface area contributed by atoms with Crippen LogP contribution in [0, 0.1) is 6.92 Å². The first kappa shape index (κ1) is 15.4. The summed E-state index contributed by atoms with van der Waals surface area (Å²) in [4.78, 5) is 4.54. The van der Waals surface area contributed by atoms with Crippen molar-refractivity contribution in [2.45, 2.75) is 32.7 Å². The van der Waals surface area contributed by atoms with Gasteiger partial charge in [-0.3, -0.25) is 0 Å². The van der Waals surface area contributed by atoms with Crippen LogP contribution in [0.2, 0.25) is 0 Å². The number of rotatable bonds is 9. The van der Waals surface area contributed by atoms with E-state index in [0.717, 1.165) is 31.2 Å². The van der Waals surface area contributed by atoms with Crippen LogP contribution in [-0.4, -0.2) is 41.8 Å². The van der Waals surface area contributed by atoms with Gasteiger partial charge in [0.2, 0.25) is 5.95 Å². The van der Waals surface area contributed by atoms with Gasteiger partial charge in [0, 0.05) is 32.5 Å². The number of ether oxygens (including phenoxy) is 1. The lowest BCUT2D eigenvalue weighted by molar-refractivity contribution is 0.197. The average molecular weight is 271 g/mol. The summed E-state index contributed by atoms with van der Waals surface area (Å²) in [6.45, 7) is 5.98. The first-order valence-corrected chi connectivity index (χ1v) is 7.85. The van der Waals surface area contributed by atoms with Gasteiger partial charge in [-0.05, 0) is 38.7 Å². The van der Waals surface area contributed by atoms with Crippen LogP contribution >= 0.6 is 11.8 Å². The van der Waals surface area contributed by atoms with Crippen molar-refractivity contribution >= 4 is 17.7 Å². The third-order valence-corrected chi connectivity index (χ3v) is 3.52. The highest BCUT2D eigenvalue weighted by atomic mass is 32.2. The molecule has 1 N–H and O–H groups in total. The number of imidazole rings is 1. The summed E-state index contributed by atoms with van der Waals surface area (Å²) in [5.74, 6) is 2.17. The summed E-state index contributed by atoms with van der Waals surface area (Å²) in [5, 5.41) is 3.39. The first-order valence-electron chi connectivity index (χ1n) is 6.46. The minimum atomic E-state index is 0.489. The lowest BCUT2D eigenvalue weighted by Crippen LogP contribution is -2.13. The monoisotopic (exact) mass is 271 g/mol. The van der Waals surface area contributed by atoms with Crippen LogP contribution < -0.4 is 5.32 Å². The number of anilines is 1. The molecule has 0 aliphatic carbocycles. The third-order valence-electron chi connectivity index (χ3n) is 2.88. The molecule has 104 valence electrons. The molecular weight excluding hydrogens is 246 g/mol. The SMILES string of the molecule is COCCCNc1nc(C)cn1C(C)CCSC. The number of methoxy groups -OCH3 is 1. The number of nitrogens with zero attached hydrogens (tertiary/aromatic N) is 2. The highest BCUT2D eigenvalue weighted by Gasteiger charge is 2.11. The van der Waals surface area contributed by atoms with Gasteiger partial charge in [0.15, 0.2) is 0 Å². The zero-order chi connectivity index (χ0) is 13.4. The molecule has 0 saturated heterocycles. The second kappa shape index (κ2) is 8.43. The van der Waals surface area contributed by atoms with E-state index in [1.807, 2.05) is 18.7 Å². The lowest BCUT2D eigenvalue weighted by Gasteiger charge is -2.16. The molecule has 4 nitrogen and oxygen atoms in total. The molecule has 0 bridgehead atoms. The van der Waals surface area contributed by atoms with Crippen molar-refractivity contribution < 1.29 is 4.74 Å². The van der Waals surface area contributed by atoms with Crippen LogP contribution in [0.15, 0.2) is 6.20 Å². The zero-order valence-electron chi connectivity index (χ0n) is 11.9. The molecule has 1 heterocycles. The lowest BCUT2D eigenvalue weighted by atomic mass is 10.2. The van der Waals surface area contributed by atoms with Gasteiger partial charge in [-0.25, -0.2) is 4.98 Å². The van der Waals surface area contributed by atoms with E-state index >= 15 is 0 Å². The number of aromatic nitrogens is 2. The Morgan fingerprint density at radius 1 is 1.56 bits per heavy atom. The first-order chi connectivity index (χ1) is 8.69. The summed E-state index contributed by atoms with van der Waals surface area (Å²) in [7, 11) is 1.73. The van der Waals surface area contributed by atoms with Crippen LogP contribution in [0.5, 0.6) is 0 Å². The molecular formula is C13H25N3OS. The number of hydrogen-bond acceptors (Lipinski definition) is 4. The predicted octanol–water partition coefficient (Wildman–Crippen LogP) is 2.95. The molecule has 5 heteroatoms. The maximum atomic E-state index is 5.05. The fraction of sp³-hybridized carbons (Fsp3) is 0.769. The number of thioether (sulfide) groups is 1. The topological polar surface area (TPSA) is 39.1 Å². The summed E-state index contributed by atoms with van der Waals surface area (Å²) >= 11 is 1.89. The molecule has 0 fully saturated rings. The van der Waals surface area contributed by atoms with Crippen molar-refractivity contribution in [3.63, 3.8) is 0 Å². The van der Waals surface area contributed by atoms with Crippen molar-refractivity contribution in [2.24, 2.45) is 0 Å². The normalized spacial score (nSPS) is 12.7. The molecule has 0 spiro atoms.